The Morgan fingerprint density at radius 1 is 1.41 bits per heavy atom. The molecule has 0 bridgehead atoms. The van der Waals surface area contributed by atoms with Gasteiger partial charge in [0.2, 0.25) is 0 Å². The fraction of sp³-hybridized carbons (Fsp3) is 1.00. The van der Waals surface area contributed by atoms with Crippen LogP contribution < -0.4 is 5.32 Å². The molecule has 1 atom stereocenters. The summed E-state index contributed by atoms with van der Waals surface area (Å²) in [5, 5.41) is 3.58. The van der Waals surface area contributed by atoms with Crippen LogP contribution in [-0.2, 0) is 4.74 Å². The molecule has 2 saturated heterocycles. The zero-order chi connectivity index (χ0) is 12.1. The van der Waals surface area contributed by atoms with E-state index in [9.17, 15) is 0 Å². The maximum Gasteiger partial charge on any atom is 0.0507 e. The first-order chi connectivity index (χ1) is 8.16. The molecule has 3 nitrogen and oxygen atoms in total. The average molecular weight is 240 g/mol. The summed E-state index contributed by atoms with van der Waals surface area (Å²) in [4.78, 5) is 2.61. The summed E-state index contributed by atoms with van der Waals surface area (Å²) in [5.41, 5.74) is 0.525. The van der Waals surface area contributed by atoms with Gasteiger partial charge >= 0.3 is 0 Å². The lowest BCUT2D eigenvalue weighted by Gasteiger charge is -2.38. The minimum Gasteiger partial charge on any atom is -0.381 e. The molecule has 0 aliphatic carbocycles. The molecule has 0 amide bonds. The molecule has 100 valence electrons. The highest BCUT2D eigenvalue weighted by molar-refractivity contribution is 4.80. The summed E-state index contributed by atoms with van der Waals surface area (Å²) in [6.07, 6.45) is 3.99. The molecule has 17 heavy (non-hydrogen) atoms. The van der Waals surface area contributed by atoms with Crippen molar-refractivity contribution in [2.45, 2.75) is 33.1 Å². The molecule has 0 aromatic heterocycles. The van der Waals surface area contributed by atoms with E-state index in [0.29, 0.717) is 5.41 Å². The molecule has 0 radical (unpaired) electrons. The van der Waals surface area contributed by atoms with Crippen LogP contribution in [0.5, 0.6) is 0 Å². The third-order valence-electron chi connectivity index (χ3n) is 4.04. The molecule has 1 unspecified atom stereocenters. The fourth-order valence-electron chi connectivity index (χ4n) is 3.02. The second-order valence-corrected chi connectivity index (χ2v) is 6.48. The van der Waals surface area contributed by atoms with Crippen LogP contribution in [-0.4, -0.2) is 50.8 Å². The van der Waals surface area contributed by atoms with Crippen molar-refractivity contribution in [2.24, 2.45) is 11.3 Å². The molecular formula is C14H28N2O. The second-order valence-electron chi connectivity index (χ2n) is 6.48. The van der Waals surface area contributed by atoms with Crippen molar-refractivity contribution in [1.82, 2.24) is 10.2 Å². The monoisotopic (exact) mass is 240 g/mol. The van der Waals surface area contributed by atoms with Crippen molar-refractivity contribution in [2.75, 3.05) is 45.9 Å². The predicted octanol–water partition coefficient (Wildman–Crippen LogP) is 1.73. The van der Waals surface area contributed by atoms with Crippen molar-refractivity contribution in [3.8, 4) is 0 Å². The zero-order valence-electron chi connectivity index (χ0n) is 11.5. The Kier molecular flexibility index (Phi) is 4.83. The molecule has 2 fully saturated rings. The van der Waals surface area contributed by atoms with E-state index in [-0.39, 0.29) is 0 Å². The Morgan fingerprint density at radius 3 is 3.00 bits per heavy atom. The molecule has 3 heteroatoms. The molecule has 0 aromatic rings. The third-order valence-corrected chi connectivity index (χ3v) is 4.04. The van der Waals surface area contributed by atoms with Gasteiger partial charge in [0.1, 0.15) is 0 Å². The van der Waals surface area contributed by atoms with Crippen LogP contribution in [0.2, 0.25) is 0 Å². The lowest BCUT2D eigenvalue weighted by Crippen LogP contribution is -2.43. The largest absolute Gasteiger partial charge is 0.381 e. The normalized spacial score (nSPS) is 29.6. The van der Waals surface area contributed by atoms with Gasteiger partial charge in [-0.3, -0.25) is 0 Å². The highest BCUT2D eigenvalue weighted by Gasteiger charge is 2.25. The standard InChI is InChI=1S/C14H28N2O/c1-14(2)5-3-7-16(12-14)8-6-15-10-13-4-9-17-11-13/h13,15H,3-12H2,1-2H3. The smallest absolute Gasteiger partial charge is 0.0507 e. The van der Waals surface area contributed by atoms with Gasteiger partial charge in [-0.15, -0.1) is 0 Å². The number of hydrogen-bond donors (Lipinski definition) is 1. The van der Waals surface area contributed by atoms with Crippen LogP contribution in [0.1, 0.15) is 33.1 Å². The molecule has 1 N–H and O–H groups in total. The number of hydrogen-bond acceptors (Lipinski definition) is 3. The van der Waals surface area contributed by atoms with Crippen LogP contribution in [0.25, 0.3) is 0 Å². The van der Waals surface area contributed by atoms with Gasteiger partial charge in [-0.25, -0.2) is 0 Å². The van der Waals surface area contributed by atoms with Gasteiger partial charge in [0.05, 0.1) is 6.61 Å². The highest BCUT2D eigenvalue weighted by Crippen LogP contribution is 2.27. The van der Waals surface area contributed by atoms with Gasteiger partial charge < -0.3 is 15.0 Å². The summed E-state index contributed by atoms with van der Waals surface area (Å²) in [5.74, 6) is 0.757. The van der Waals surface area contributed by atoms with E-state index in [1.165, 1.54) is 38.9 Å². The first-order valence-electron chi connectivity index (χ1n) is 7.16. The molecule has 2 aliphatic rings. The zero-order valence-corrected chi connectivity index (χ0v) is 11.5. The van der Waals surface area contributed by atoms with E-state index in [0.717, 1.165) is 32.2 Å². The molecule has 0 saturated carbocycles. The number of rotatable bonds is 5. The second kappa shape index (κ2) is 6.17. The van der Waals surface area contributed by atoms with Gasteiger partial charge in [0.25, 0.3) is 0 Å². The average Bonchev–Trinajstić information content (AvgIpc) is 2.76. The van der Waals surface area contributed by atoms with Crippen molar-refractivity contribution in [3.05, 3.63) is 0 Å². The van der Waals surface area contributed by atoms with E-state index >= 15 is 0 Å². The van der Waals surface area contributed by atoms with Crippen LogP contribution in [0.4, 0.5) is 0 Å². The Morgan fingerprint density at radius 2 is 2.29 bits per heavy atom. The van der Waals surface area contributed by atoms with E-state index in [1.54, 1.807) is 0 Å². The molecule has 0 aromatic carbocycles. The van der Waals surface area contributed by atoms with E-state index in [2.05, 4.69) is 24.1 Å². The van der Waals surface area contributed by atoms with Crippen LogP contribution in [0, 0.1) is 11.3 Å². The minimum absolute atomic E-state index is 0.525. The Bertz CT molecular complexity index is 224. The van der Waals surface area contributed by atoms with Gasteiger partial charge in [-0.05, 0) is 37.1 Å². The fourth-order valence-corrected chi connectivity index (χ4v) is 3.02. The summed E-state index contributed by atoms with van der Waals surface area (Å²) in [6.45, 7) is 12.7. The quantitative estimate of drug-likeness (QED) is 0.741. The van der Waals surface area contributed by atoms with Gasteiger partial charge in [0.15, 0.2) is 0 Å². The summed E-state index contributed by atoms with van der Waals surface area (Å²) >= 11 is 0. The number of piperidine rings is 1. The summed E-state index contributed by atoms with van der Waals surface area (Å²) in [6, 6.07) is 0. The molecule has 2 heterocycles. The molecular weight excluding hydrogens is 212 g/mol. The number of ether oxygens (including phenoxy) is 1. The molecule has 2 rings (SSSR count). The predicted molar refractivity (Wildman–Crippen MR) is 71.3 cm³/mol. The van der Waals surface area contributed by atoms with Gasteiger partial charge in [-0.2, -0.15) is 0 Å². The number of likely N-dealkylation sites (tertiary alicyclic amines) is 1. The van der Waals surface area contributed by atoms with Crippen molar-refractivity contribution in [1.29, 1.82) is 0 Å². The number of nitrogens with one attached hydrogen (secondary N) is 1. The highest BCUT2D eigenvalue weighted by atomic mass is 16.5. The topological polar surface area (TPSA) is 24.5 Å². The Balaban J connectivity index is 1.55. The van der Waals surface area contributed by atoms with Crippen molar-refractivity contribution < 1.29 is 4.74 Å². The first-order valence-corrected chi connectivity index (χ1v) is 7.16. The van der Waals surface area contributed by atoms with E-state index < -0.39 is 0 Å². The minimum atomic E-state index is 0.525. The van der Waals surface area contributed by atoms with E-state index in [4.69, 9.17) is 4.74 Å². The third kappa shape index (κ3) is 4.57. The van der Waals surface area contributed by atoms with Gasteiger partial charge in [0, 0.05) is 32.8 Å². The van der Waals surface area contributed by atoms with Crippen molar-refractivity contribution in [3.63, 3.8) is 0 Å². The molecule has 2 aliphatic heterocycles. The summed E-state index contributed by atoms with van der Waals surface area (Å²) < 4.78 is 5.38. The van der Waals surface area contributed by atoms with Crippen molar-refractivity contribution >= 4 is 0 Å². The van der Waals surface area contributed by atoms with Crippen LogP contribution in [0.3, 0.4) is 0 Å². The first kappa shape index (κ1) is 13.3. The number of nitrogens with zero attached hydrogens (tertiary/aromatic N) is 1. The van der Waals surface area contributed by atoms with Gasteiger partial charge in [-0.1, -0.05) is 13.8 Å². The SMILES string of the molecule is CC1(C)CCCN(CCNCC2CCOC2)C1. The van der Waals surface area contributed by atoms with Crippen LogP contribution in [0.15, 0.2) is 0 Å². The molecule has 0 spiro atoms. The van der Waals surface area contributed by atoms with Crippen LogP contribution >= 0.6 is 0 Å². The van der Waals surface area contributed by atoms with E-state index in [1.807, 2.05) is 0 Å². The maximum absolute atomic E-state index is 5.38. The maximum atomic E-state index is 5.38. The lowest BCUT2D eigenvalue weighted by atomic mass is 9.84. The Hall–Kier alpha value is -0.120. The summed E-state index contributed by atoms with van der Waals surface area (Å²) in [7, 11) is 0. The lowest BCUT2D eigenvalue weighted by molar-refractivity contribution is 0.118. The Labute approximate surface area is 106 Å².